The van der Waals surface area contributed by atoms with Crippen LogP contribution in [0.3, 0.4) is 0 Å². The maximum Gasteiger partial charge on any atom is 0.291 e. The Bertz CT molecular complexity index is 1340. The number of aliphatic hydroxyl groups is 2. The van der Waals surface area contributed by atoms with Crippen LogP contribution in [-0.4, -0.2) is 62.8 Å². The predicted molar refractivity (Wildman–Crippen MR) is 126 cm³/mol. The molecule has 3 aromatic rings. The maximum absolute atomic E-state index is 13.9. The number of fused-ring (bicyclic) bond motifs is 1. The van der Waals surface area contributed by atoms with Gasteiger partial charge in [-0.2, -0.15) is 0 Å². The Morgan fingerprint density at radius 1 is 1.31 bits per heavy atom. The van der Waals surface area contributed by atoms with Gasteiger partial charge < -0.3 is 25.2 Å². The van der Waals surface area contributed by atoms with Crippen molar-refractivity contribution in [3.05, 3.63) is 70.8 Å². The van der Waals surface area contributed by atoms with Crippen molar-refractivity contribution >= 4 is 11.6 Å². The van der Waals surface area contributed by atoms with E-state index in [1.807, 2.05) is 0 Å². The number of amides is 1. The Kier molecular flexibility index (Phi) is 6.92. The molecule has 0 aliphatic carbocycles. The van der Waals surface area contributed by atoms with Crippen molar-refractivity contribution in [1.29, 1.82) is 0 Å². The molecule has 36 heavy (non-hydrogen) atoms. The second-order valence-corrected chi connectivity index (χ2v) is 8.93. The molecule has 0 fully saturated rings. The largest absolute Gasteiger partial charge is 0.489 e. The van der Waals surface area contributed by atoms with E-state index in [-0.39, 0.29) is 30.2 Å². The second-order valence-electron chi connectivity index (χ2n) is 8.93. The van der Waals surface area contributed by atoms with Crippen molar-refractivity contribution in [2.24, 2.45) is 0 Å². The first-order valence-electron chi connectivity index (χ1n) is 11.1. The van der Waals surface area contributed by atoms with E-state index >= 15 is 0 Å². The van der Waals surface area contributed by atoms with E-state index in [4.69, 9.17) is 4.74 Å². The summed E-state index contributed by atoms with van der Waals surface area (Å²) in [5.41, 5.74) is 0.213. The second kappa shape index (κ2) is 9.93. The Morgan fingerprint density at radius 3 is 2.81 bits per heavy atom. The molecule has 4 N–H and O–H groups in total. The minimum Gasteiger partial charge on any atom is -0.489 e. The smallest absolute Gasteiger partial charge is 0.291 e. The Balaban J connectivity index is 1.45. The minimum absolute atomic E-state index is 0.0156. The number of carbonyl (C=O) groups is 1. The molecular formula is C25H25F2N5O4. The Morgan fingerprint density at radius 2 is 2.08 bits per heavy atom. The summed E-state index contributed by atoms with van der Waals surface area (Å²) in [4.78, 5) is 18.4. The molecule has 2 aromatic carbocycles. The highest BCUT2D eigenvalue weighted by molar-refractivity contribution is 5.90. The lowest BCUT2D eigenvalue weighted by atomic mass is 10.1. The molecule has 1 aromatic heterocycles. The van der Waals surface area contributed by atoms with E-state index in [2.05, 4.69) is 32.3 Å². The van der Waals surface area contributed by atoms with Crippen LogP contribution in [0.25, 0.3) is 0 Å². The molecule has 11 heteroatoms. The highest BCUT2D eigenvalue weighted by atomic mass is 19.1. The third-order valence-electron chi connectivity index (χ3n) is 5.45. The maximum atomic E-state index is 13.9. The van der Waals surface area contributed by atoms with Gasteiger partial charge in [0.1, 0.15) is 41.5 Å². The number of hydrogen-bond donors (Lipinski definition) is 4. The van der Waals surface area contributed by atoms with Crippen LogP contribution in [-0.2, 0) is 6.42 Å². The van der Waals surface area contributed by atoms with Crippen molar-refractivity contribution < 1.29 is 28.5 Å². The van der Waals surface area contributed by atoms with Crippen LogP contribution in [0.5, 0.6) is 5.75 Å². The van der Waals surface area contributed by atoms with Gasteiger partial charge in [-0.1, -0.05) is 17.9 Å². The first-order chi connectivity index (χ1) is 17.0. The third-order valence-corrected chi connectivity index (χ3v) is 5.45. The number of halogens is 2. The molecule has 2 atom stereocenters. The van der Waals surface area contributed by atoms with Gasteiger partial charge in [0.15, 0.2) is 6.23 Å². The summed E-state index contributed by atoms with van der Waals surface area (Å²) >= 11 is 0. The number of aliphatic hydroxyl groups excluding tert-OH is 1. The molecule has 0 bridgehead atoms. The van der Waals surface area contributed by atoms with E-state index in [0.29, 0.717) is 17.0 Å². The number of carbonyl (C=O) groups excluding carboxylic acids is 1. The fraction of sp³-hybridized carbons (Fsp3) is 0.320. The molecule has 188 valence electrons. The van der Waals surface area contributed by atoms with Crippen LogP contribution in [0.2, 0.25) is 0 Å². The number of aromatic nitrogens is 3. The zero-order valence-corrected chi connectivity index (χ0v) is 19.8. The number of ether oxygens (including phenoxy) is 1. The summed E-state index contributed by atoms with van der Waals surface area (Å²) in [7, 11) is 1.65. The quantitative estimate of drug-likeness (QED) is 0.405. The number of nitrogens with one attached hydrogen (secondary N) is 2. The van der Waals surface area contributed by atoms with Crippen LogP contribution >= 0.6 is 0 Å². The fourth-order valence-corrected chi connectivity index (χ4v) is 3.57. The molecule has 0 saturated carbocycles. The van der Waals surface area contributed by atoms with Gasteiger partial charge in [-0.3, -0.25) is 9.89 Å². The number of anilines is 1. The van der Waals surface area contributed by atoms with Crippen molar-refractivity contribution in [2.75, 3.05) is 18.6 Å². The Hall–Kier alpha value is -4.01. The monoisotopic (exact) mass is 497 g/mol. The summed E-state index contributed by atoms with van der Waals surface area (Å²) in [6.45, 7) is 3.12. The average Bonchev–Trinajstić information content (AvgIpc) is 3.25. The molecule has 1 amide bonds. The van der Waals surface area contributed by atoms with Crippen molar-refractivity contribution in [3.63, 3.8) is 0 Å². The van der Waals surface area contributed by atoms with Crippen molar-refractivity contribution in [1.82, 2.24) is 20.5 Å². The van der Waals surface area contributed by atoms with Gasteiger partial charge in [0.05, 0.1) is 5.69 Å². The lowest BCUT2D eigenvalue weighted by Crippen LogP contribution is -2.52. The Labute approximate surface area is 206 Å². The predicted octanol–water partition coefficient (Wildman–Crippen LogP) is 1.74. The molecular weight excluding hydrogens is 472 g/mol. The topological polar surface area (TPSA) is 124 Å². The first-order valence-corrected chi connectivity index (χ1v) is 11.1. The van der Waals surface area contributed by atoms with E-state index in [1.54, 1.807) is 44.0 Å². The summed E-state index contributed by atoms with van der Waals surface area (Å²) in [6, 6.07) is 7.51. The number of aromatic amines is 1. The van der Waals surface area contributed by atoms with Crippen LogP contribution in [0.1, 0.15) is 41.4 Å². The standard InChI is InChI=1S/C25H25F2N5O4/c1-25(2,35)9-8-14-4-7-20-19(10-14)32(3)24(34)18(13-36-20)28-23(33)22-29-21(30-31-22)11-15-5-6-16(26)12-17(15)27/h4-7,10,12,18,24,34-35H,11,13H2,1-3H3,(H,28,33)(H,29,30,31)/t18-,24?/m1/s1. The lowest BCUT2D eigenvalue weighted by Gasteiger charge is -2.28. The van der Waals surface area contributed by atoms with Gasteiger partial charge in [-0.05, 0) is 43.7 Å². The van der Waals surface area contributed by atoms with Gasteiger partial charge in [-0.15, -0.1) is 5.10 Å². The van der Waals surface area contributed by atoms with Crippen LogP contribution in [0.4, 0.5) is 14.5 Å². The van der Waals surface area contributed by atoms with Gasteiger partial charge in [0, 0.05) is 25.1 Å². The van der Waals surface area contributed by atoms with Gasteiger partial charge in [0.2, 0.25) is 5.82 Å². The fourth-order valence-electron chi connectivity index (χ4n) is 3.57. The number of H-pyrrole nitrogens is 1. The van der Waals surface area contributed by atoms with Crippen molar-refractivity contribution in [2.45, 2.75) is 38.1 Å². The number of nitrogens with zero attached hydrogens (tertiary/aromatic N) is 3. The van der Waals surface area contributed by atoms with E-state index in [1.165, 1.54) is 6.07 Å². The summed E-state index contributed by atoms with van der Waals surface area (Å²) in [6.07, 6.45) is -1.17. The lowest BCUT2D eigenvalue weighted by molar-refractivity contribution is 0.0763. The molecule has 1 unspecified atom stereocenters. The summed E-state index contributed by atoms with van der Waals surface area (Å²) in [5.74, 6) is 4.04. The number of benzene rings is 2. The summed E-state index contributed by atoms with van der Waals surface area (Å²) in [5, 5.41) is 29.8. The van der Waals surface area contributed by atoms with Crippen molar-refractivity contribution in [3.8, 4) is 17.6 Å². The zero-order valence-electron chi connectivity index (χ0n) is 19.8. The zero-order chi connectivity index (χ0) is 26.0. The average molecular weight is 498 g/mol. The molecule has 2 heterocycles. The minimum atomic E-state index is -1.16. The SMILES string of the molecule is CN1c2cc(C#CC(C)(C)O)ccc2OC[C@@H](NC(=O)c2n[nH]c(Cc3ccc(F)cc3F)n2)C1O. The molecule has 1 aliphatic heterocycles. The first kappa shape index (κ1) is 25.1. The van der Waals surface area contributed by atoms with Crippen LogP contribution < -0.4 is 15.0 Å². The molecule has 1 aliphatic rings. The van der Waals surface area contributed by atoms with Gasteiger partial charge in [0.25, 0.3) is 5.91 Å². The summed E-state index contributed by atoms with van der Waals surface area (Å²) < 4.78 is 32.8. The number of hydrogen-bond acceptors (Lipinski definition) is 7. The normalized spacial score (nSPS) is 17.4. The molecule has 9 nitrogen and oxygen atoms in total. The van der Waals surface area contributed by atoms with Gasteiger partial charge >= 0.3 is 0 Å². The molecule has 0 saturated heterocycles. The number of rotatable bonds is 4. The molecule has 4 rings (SSSR count). The van der Waals surface area contributed by atoms with E-state index in [9.17, 15) is 23.8 Å². The van der Waals surface area contributed by atoms with Gasteiger partial charge in [-0.25, -0.2) is 13.8 Å². The van der Waals surface area contributed by atoms with Crippen LogP contribution in [0, 0.1) is 23.5 Å². The number of likely N-dealkylation sites (N-methyl/N-ethyl adjacent to an activating group) is 1. The van der Waals surface area contributed by atoms with E-state index < -0.39 is 35.4 Å². The van der Waals surface area contributed by atoms with E-state index in [0.717, 1.165) is 12.1 Å². The highest BCUT2D eigenvalue weighted by Crippen LogP contribution is 2.32. The molecule has 0 radical (unpaired) electrons. The van der Waals surface area contributed by atoms with Crippen LogP contribution in [0.15, 0.2) is 36.4 Å². The molecule has 0 spiro atoms. The highest BCUT2D eigenvalue weighted by Gasteiger charge is 2.32. The third kappa shape index (κ3) is 5.79.